The molecule has 0 aliphatic carbocycles. The Morgan fingerprint density at radius 1 is 1.29 bits per heavy atom. The van der Waals surface area contributed by atoms with E-state index in [-0.39, 0.29) is 10.8 Å². The van der Waals surface area contributed by atoms with Crippen molar-refractivity contribution < 1.29 is 13.2 Å². The van der Waals surface area contributed by atoms with Crippen LogP contribution in [0.15, 0.2) is 23.1 Å². The fraction of sp³-hybridized carbons (Fsp3) is 0.500. The first-order chi connectivity index (χ1) is 13.3. The predicted molar refractivity (Wildman–Crippen MR) is 110 cm³/mol. The summed E-state index contributed by atoms with van der Waals surface area (Å²) in [6, 6.07) is 4.74. The molecular formula is C18H27N5O3S2. The van der Waals surface area contributed by atoms with Gasteiger partial charge in [0.15, 0.2) is 4.77 Å². The van der Waals surface area contributed by atoms with Gasteiger partial charge in [-0.15, -0.1) is 0 Å². The molecule has 2 N–H and O–H groups in total. The first-order valence-corrected chi connectivity index (χ1v) is 11.1. The summed E-state index contributed by atoms with van der Waals surface area (Å²) in [5.74, 6) is 0.440. The van der Waals surface area contributed by atoms with E-state index in [1.807, 2.05) is 11.5 Å². The molecule has 0 saturated carbocycles. The molecule has 1 aromatic heterocycles. The van der Waals surface area contributed by atoms with Crippen LogP contribution in [0, 0.1) is 11.7 Å². The van der Waals surface area contributed by atoms with Crippen molar-refractivity contribution in [2.45, 2.75) is 45.6 Å². The maximum Gasteiger partial charge on any atom is 0.251 e. The zero-order chi connectivity index (χ0) is 20.9. The number of benzene rings is 1. The second-order valence-electron chi connectivity index (χ2n) is 6.26. The summed E-state index contributed by atoms with van der Waals surface area (Å²) in [5, 5.41) is 9.72. The molecule has 0 radical (unpaired) electrons. The lowest BCUT2D eigenvalue weighted by Crippen LogP contribution is -2.31. The van der Waals surface area contributed by atoms with E-state index in [4.69, 9.17) is 12.2 Å². The van der Waals surface area contributed by atoms with Crippen LogP contribution in [-0.4, -0.2) is 53.0 Å². The van der Waals surface area contributed by atoms with E-state index in [2.05, 4.69) is 15.5 Å². The average Bonchev–Trinajstić information content (AvgIpc) is 3.02. The van der Waals surface area contributed by atoms with Crippen LogP contribution in [0.4, 0.5) is 0 Å². The monoisotopic (exact) mass is 425 g/mol. The van der Waals surface area contributed by atoms with Crippen molar-refractivity contribution in [3.05, 3.63) is 39.9 Å². The first-order valence-electron chi connectivity index (χ1n) is 9.29. The Morgan fingerprint density at radius 2 is 1.96 bits per heavy atom. The minimum atomic E-state index is -3.63. The highest BCUT2D eigenvalue weighted by molar-refractivity contribution is 7.89. The quantitative estimate of drug-likeness (QED) is 0.601. The number of aromatic amines is 1. The largest absolute Gasteiger partial charge is 0.352 e. The van der Waals surface area contributed by atoms with Gasteiger partial charge in [0.05, 0.1) is 4.90 Å². The second kappa shape index (κ2) is 9.44. The van der Waals surface area contributed by atoms with Gasteiger partial charge in [-0.1, -0.05) is 19.9 Å². The van der Waals surface area contributed by atoms with Gasteiger partial charge in [0.1, 0.15) is 5.82 Å². The Balaban J connectivity index is 2.15. The number of carbonyl (C=O) groups excluding carboxylic acids is 1. The van der Waals surface area contributed by atoms with Crippen molar-refractivity contribution in [3.63, 3.8) is 0 Å². The lowest BCUT2D eigenvalue weighted by molar-refractivity contribution is 0.0953. The molecule has 0 aliphatic heterocycles. The molecule has 0 aliphatic rings. The number of aromatic nitrogens is 3. The van der Waals surface area contributed by atoms with E-state index in [1.165, 1.54) is 10.4 Å². The molecule has 0 atom stereocenters. The van der Waals surface area contributed by atoms with Gasteiger partial charge in [0.2, 0.25) is 10.0 Å². The van der Waals surface area contributed by atoms with Crippen molar-refractivity contribution in [1.29, 1.82) is 0 Å². The average molecular weight is 426 g/mol. The number of hydrogen-bond acceptors (Lipinski definition) is 5. The van der Waals surface area contributed by atoms with Crippen LogP contribution in [0.2, 0.25) is 0 Å². The van der Waals surface area contributed by atoms with E-state index < -0.39 is 10.0 Å². The summed E-state index contributed by atoms with van der Waals surface area (Å²) >= 11 is 5.15. The van der Waals surface area contributed by atoms with Crippen LogP contribution in [-0.2, 0) is 23.0 Å². The third-order valence-electron chi connectivity index (χ3n) is 4.56. The van der Waals surface area contributed by atoms with Crippen LogP contribution < -0.4 is 5.32 Å². The van der Waals surface area contributed by atoms with E-state index in [0.717, 1.165) is 5.82 Å². The van der Waals surface area contributed by atoms with Gasteiger partial charge < -0.3 is 9.88 Å². The number of H-pyrrole nitrogens is 1. The number of sulfonamides is 1. The molecule has 28 heavy (non-hydrogen) atoms. The van der Waals surface area contributed by atoms with E-state index in [1.54, 1.807) is 32.9 Å². The predicted octanol–water partition coefficient (Wildman–Crippen LogP) is 2.27. The SMILES string of the molecule is CCN(CC)S(=O)(=O)c1cc(C(=O)NCCc2n[nH]c(=S)n2CC)ccc1C. The number of rotatable bonds is 9. The Morgan fingerprint density at radius 3 is 2.57 bits per heavy atom. The summed E-state index contributed by atoms with van der Waals surface area (Å²) < 4.78 is 29.5. The first kappa shape index (κ1) is 22.3. The number of amides is 1. The van der Waals surface area contributed by atoms with E-state index in [9.17, 15) is 13.2 Å². The lowest BCUT2D eigenvalue weighted by atomic mass is 10.1. The molecule has 2 aromatic rings. The fourth-order valence-electron chi connectivity index (χ4n) is 2.98. The number of nitrogens with one attached hydrogen (secondary N) is 2. The molecule has 8 nitrogen and oxygen atoms in total. The maximum atomic E-state index is 12.8. The fourth-order valence-corrected chi connectivity index (χ4v) is 4.97. The van der Waals surface area contributed by atoms with Crippen molar-refractivity contribution in [2.75, 3.05) is 19.6 Å². The Hall–Kier alpha value is -2.04. The molecular weight excluding hydrogens is 398 g/mol. The standard InChI is InChI=1S/C18H27N5O3S2/c1-5-22(6-2)28(25,26)15-12-14(9-8-13(15)4)17(24)19-11-10-16-20-21-18(27)23(16)7-3/h8-9,12H,5-7,10-11H2,1-4H3,(H,19,24)(H,21,27). The molecule has 0 unspecified atom stereocenters. The van der Waals surface area contributed by atoms with Crippen molar-refractivity contribution in [2.24, 2.45) is 0 Å². The minimum Gasteiger partial charge on any atom is -0.352 e. The van der Waals surface area contributed by atoms with Crippen molar-refractivity contribution >= 4 is 28.1 Å². The van der Waals surface area contributed by atoms with Gasteiger partial charge in [-0.25, -0.2) is 8.42 Å². The molecule has 0 fully saturated rings. The molecule has 0 saturated heterocycles. The van der Waals surface area contributed by atoms with E-state index in [0.29, 0.717) is 48.5 Å². The highest BCUT2D eigenvalue weighted by atomic mass is 32.2. The molecule has 1 heterocycles. The normalized spacial score (nSPS) is 11.8. The summed E-state index contributed by atoms with van der Waals surface area (Å²) in [6.07, 6.45) is 0.517. The van der Waals surface area contributed by atoms with Gasteiger partial charge in [0.25, 0.3) is 5.91 Å². The molecule has 0 bridgehead atoms. The lowest BCUT2D eigenvalue weighted by Gasteiger charge is -2.20. The van der Waals surface area contributed by atoms with Gasteiger partial charge in [-0.3, -0.25) is 9.89 Å². The number of nitrogens with zero attached hydrogens (tertiary/aromatic N) is 3. The van der Waals surface area contributed by atoms with Gasteiger partial charge in [-0.05, 0) is 43.8 Å². The Bertz CT molecular complexity index is 991. The van der Waals surface area contributed by atoms with Crippen molar-refractivity contribution in [3.8, 4) is 0 Å². The van der Waals surface area contributed by atoms with Crippen LogP contribution in [0.3, 0.4) is 0 Å². The highest BCUT2D eigenvalue weighted by Gasteiger charge is 2.24. The topological polar surface area (TPSA) is 100 Å². The molecule has 154 valence electrons. The zero-order valence-corrected chi connectivity index (χ0v) is 18.3. The molecule has 0 spiro atoms. The van der Waals surface area contributed by atoms with Gasteiger partial charge in [0, 0.05) is 38.2 Å². The van der Waals surface area contributed by atoms with Crippen LogP contribution >= 0.6 is 12.2 Å². The third-order valence-corrected chi connectivity index (χ3v) is 7.06. The summed E-state index contributed by atoms with van der Waals surface area (Å²) in [4.78, 5) is 12.7. The van der Waals surface area contributed by atoms with Gasteiger partial charge >= 0.3 is 0 Å². The third kappa shape index (κ3) is 4.68. The number of carbonyl (C=O) groups is 1. The summed E-state index contributed by atoms with van der Waals surface area (Å²) in [5.41, 5.74) is 0.924. The number of aryl methyl sites for hydroxylation is 1. The minimum absolute atomic E-state index is 0.163. The van der Waals surface area contributed by atoms with Crippen molar-refractivity contribution in [1.82, 2.24) is 24.4 Å². The van der Waals surface area contributed by atoms with Crippen LogP contribution in [0.1, 0.15) is 42.5 Å². The van der Waals surface area contributed by atoms with E-state index >= 15 is 0 Å². The van der Waals surface area contributed by atoms with Crippen LogP contribution in [0.5, 0.6) is 0 Å². The maximum absolute atomic E-state index is 12.8. The second-order valence-corrected chi connectivity index (χ2v) is 8.56. The highest BCUT2D eigenvalue weighted by Crippen LogP contribution is 2.21. The molecule has 10 heteroatoms. The van der Waals surface area contributed by atoms with Gasteiger partial charge in [-0.2, -0.15) is 9.40 Å². The molecule has 1 aromatic carbocycles. The zero-order valence-electron chi connectivity index (χ0n) is 16.7. The summed E-state index contributed by atoms with van der Waals surface area (Å²) in [7, 11) is -3.63. The Kier molecular flexibility index (Phi) is 7.50. The summed E-state index contributed by atoms with van der Waals surface area (Å²) in [6.45, 7) is 9.09. The Labute approximate surface area is 171 Å². The van der Waals surface area contributed by atoms with Crippen LogP contribution in [0.25, 0.3) is 0 Å². The number of hydrogen-bond donors (Lipinski definition) is 2. The smallest absolute Gasteiger partial charge is 0.251 e. The molecule has 2 rings (SSSR count). The molecule has 1 amide bonds.